The summed E-state index contributed by atoms with van der Waals surface area (Å²) in [7, 11) is 0. The van der Waals surface area contributed by atoms with Crippen LogP contribution in [0.2, 0.25) is 0 Å². The Bertz CT molecular complexity index is 431. The summed E-state index contributed by atoms with van der Waals surface area (Å²) in [5.74, 6) is 1.66. The van der Waals surface area contributed by atoms with Crippen LogP contribution in [-0.2, 0) is 0 Å². The molecule has 1 aliphatic carbocycles. The second-order valence-corrected chi connectivity index (χ2v) is 8.15. The summed E-state index contributed by atoms with van der Waals surface area (Å²) in [6.07, 6.45) is 3.78. The van der Waals surface area contributed by atoms with Crippen LogP contribution in [-0.4, -0.2) is 5.11 Å². The summed E-state index contributed by atoms with van der Waals surface area (Å²) in [5, 5.41) is 9.79. The summed E-state index contributed by atoms with van der Waals surface area (Å²) >= 11 is 6.85. The summed E-state index contributed by atoms with van der Waals surface area (Å²) in [4.78, 5) is 0. The van der Waals surface area contributed by atoms with Crippen LogP contribution in [0.1, 0.15) is 51.5 Å². The second-order valence-electron chi connectivity index (χ2n) is 6.44. The van der Waals surface area contributed by atoms with Gasteiger partial charge in [0.25, 0.3) is 0 Å². The lowest BCUT2D eigenvalue weighted by Gasteiger charge is -2.39. The number of halogens is 2. The van der Waals surface area contributed by atoms with Crippen LogP contribution in [0.4, 0.5) is 0 Å². The predicted octanol–water partition coefficient (Wildman–Crippen LogP) is 5.85. The fourth-order valence-corrected chi connectivity index (χ4v) is 4.64. The smallest absolute Gasteiger partial charge is 0.143 e. The number of hydrogen-bond acceptors (Lipinski definition) is 1. The Morgan fingerprint density at radius 1 is 1.17 bits per heavy atom. The van der Waals surface area contributed by atoms with Crippen LogP contribution in [0.15, 0.2) is 21.1 Å². The molecule has 0 aliphatic heterocycles. The third-order valence-electron chi connectivity index (χ3n) is 3.90. The van der Waals surface area contributed by atoms with Gasteiger partial charge >= 0.3 is 0 Å². The Kier molecular flexibility index (Phi) is 4.13. The van der Waals surface area contributed by atoms with E-state index in [2.05, 4.69) is 64.8 Å². The molecule has 1 fully saturated rings. The Balaban J connectivity index is 2.31. The van der Waals surface area contributed by atoms with Crippen molar-refractivity contribution in [2.45, 2.75) is 46.0 Å². The van der Waals surface area contributed by atoms with Crippen molar-refractivity contribution in [3.05, 3.63) is 26.6 Å². The quantitative estimate of drug-likeness (QED) is 0.652. The Morgan fingerprint density at radius 2 is 1.72 bits per heavy atom. The Morgan fingerprint density at radius 3 is 2.22 bits per heavy atom. The molecule has 3 heteroatoms. The number of aromatic hydroxyl groups is 1. The minimum Gasteiger partial charge on any atom is -0.506 e. The zero-order valence-electron chi connectivity index (χ0n) is 11.1. The van der Waals surface area contributed by atoms with Gasteiger partial charge in [0.05, 0.1) is 8.95 Å². The number of benzene rings is 1. The van der Waals surface area contributed by atoms with E-state index in [0.717, 1.165) is 14.9 Å². The zero-order chi connectivity index (χ0) is 13.5. The van der Waals surface area contributed by atoms with E-state index in [1.54, 1.807) is 0 Å². The topological polar surface area (TPSA) is 20.2 Å². The van der Waals surface area contributed by atoms with Gasteiger partial charge < -0.3 is 5.11 Å². The second kappa shape index (κ2) is 5.16. The maximum Gasteiger partial charge on any atom is 0.143 e. The number of phenolic OH excluding ortho intramolecular Hbond substituents is 1. The minimum absolute atomic E-state index is 0.293. The SMILES string of the molecule is CC1C[C@H](c2cc(Br)c(O)c(Br)c2)CC(C)(C)C1. The molecular weight excluding hydrogens is 356 g/mol. The molecule has 2 rings (SSSR count). The Labute approximate surface area is 126 Å². The molecule has 0 heterocycles. The maximum atomic E-state index is 9.79. The van der Waals surface area contributed by atoms with E-state index in [9.17, 15) is 5.11 Å². The molecule has 1 aromatic rings. The third kappa shape index (κ3) is 3.11. The van der Waals surface area contributed by atoms with Gasteiger partial charge in [0.15, 0.2) is 0 Å². The van der Waals surface area contributed by atoms with Crippen LogP contribution in [0.3, 0.4) is 0 Å². The molecule has 1 nitrogen and oxygen atoms in total. The fourth-order valence-electron chi connectivity index (χ4n) is 3.42. The normalized spacial score (nSPS) is 27.2. The molecule has 0 radical (unpaired) electrons. The van der Waals surface area contributed by atoms with Gasteiger partial charge in [-0.2, -0.15) is 0 Å². The summed E-state index contributed by atoms with van der Waals surface area (Å²) in [6, 6.07) is 4.14. The van der Waals surface area contributed by atoms with Gasteiger partial charge in [-0.1, -0.05) is 20.8 Å². The van der Waals surface area contributed by atoms with Crippen molar-refractivity contribution in [3.8, 4) is 5.75 Å². The average molecular weight is 376 g/mol. The standard InChI is InChI=1S/C15H20Br2O/c1-9-4-11(8-15(2,3)7-9)10-5-12(16)14(18)13(17)6-10/h5-6,9,11,18H,4,7-8H2,1-3H3/t9?,11-/m0/s1. The third-order valence-corrected chi connectivity index (χ3v) is 5.11. The van der Waals surface area contributed by atoms with Crippen LogP contribution < -0.4 is 0 Å². The monoisotopic (exact) mass is 374 g/mol. The predicted molar refractivity (Wildman–Crippen MR) is 83.0 cm³/mol. The van der Waals surface area contributed by atoms with Crippen molar-refractivity contribution < 1.29 is 5.11 Å². The molecule has 1 aliphatic rings. The van der Waals surface area contributed by atoms with Crippen LogP contribution >= 0.6 is 31.9 Å². The molecular formula is C15H20Br2O. The Hall–Kier alpha value is -0.0200. The van der Waals surface area contributed by atoms with Gasteiger partial charge in [-0.25, -0.2) is 0 Å². The largest absolute Gasteiger partial charge is 0.506 e. The average Bonchev–Trinajstić information content (AvgIpc) is 2.22. The molecule has 18 heavy (non-hydrogen) atoms. The van der Waals surface area contributed by atoms with Crippen molar-refractivity contribution in [1.82, 2.24) is 0 Å². The molecule has 0 bridgehead atoms. The molecule has 0 saturated heterocycles. The van der Waals surface area contributed by atoms with Gasteiger partial charge in [0.2, 0.25) is 0 Å². The van der Waals surface area contributed by atoms with Gasteiger partial charge in [-0.3, -0.25) is 0 Å². The molecule has 1 aromatic carbocycles. The fraction of sp³-hybridized carbons (Fsp3) is 0.600. The first kappa shape index (κ1) is 14.4. The highest BCUT2D eigenvalue weighted by Gasteiger charge is 2.33. The molecule has 1 unspecified atom stereocenters. The van der Waals surface area contributed by atoms with E-state index < -0.39 is 0 Å². The molecule has 1 N–H and O–H groups in total. The molecule has 0 spiro atoms. The lowest BCUT2D eigenvalue weighted by Crippen LogP contribution is -2.26. The number of phenols is 1. The van der Waals surface area contributed by atoms with Crippen molar-refractivity contribution in [3.63, 3.8) is 0 Å². The molecule has 2 atom stereocenters. The van der Waals surface area contributed by atoms with Crippen molar-refractivity contribution >= 4 is 31.9 Å². The first-order valence-electron chi connectivity index (χ1n) is 6.46. The van der Waals surface area contributed by atoms with E-state index >= 15 is 0 Å². The van der Waals surface area contributed by atoms with Crippen LogP contribution in [0.25, 0.3) is 0 Å². The first-order valence-corrected chi connectivity index (χ1v) is 8.05. The lowest BCUT2D eigenvalue weighted by molar-refractivity contribution is 0.168. The van der Waals surface area contributed by atoms with Crippen LogP contribution in [0.5, 0.6) is 5.75 Å². The molecule has 0 amide bonds. The first-order chi connectivity index (χ1) is 8.28. The number of rotatable bonds is 1. The van der Waals surface area contributed by atoms with Crippen molar-refractivity contribution in [2.24, 2.45) is 11.3 Å². The van der Waals surface area contributed by atoms with Crippen molar-refractivity contribution in [2.75, 3.05) is 0 Å². The van der Waals surface area contributed by atoms with Gasteiger partial charge in [-0.15, -0.1) is 0 Å². The van der Waals surface area contributed by atoms with Crippen LogP contribution in [0, 0.1) is 11.3 Å². The van der Waals surface area contributed by atoms with Gasteiger partial charge in [0.1, 0.15) is 5.75 Å². The van der Waals surface area contributed by atoms with E-state index in [-0.39, 0.29) is 0 Å². The zero-order valence-corrected chi connectivity index (χ0v) is 14.3. The molecule has 0 aromatic heterocycles. The molecule has 1 saturated carbocycles. The highest BCUT2D eigenvalue weighted by molar-refractivity contribution is 9.11. The summed E-state index contributed by atoms with van der Waals surface area (Å²) in [6.45, 7) is 7.07. The highest BCUT2D eigenvalue weighted by Crippen LogP contribution is 2.47. The lowest BCUT2D eigenvalue weighted by atomic mass is 9.66. The van der Waals surface area contributed by atoms with E-state index in [1.165, 1.54) is 24.8 Å². The molecule has 100 valence electrons. The van der Waals surface area contributed by atoms with E-state index in [4.69, 9.17) is 0 Å². The number of hydrogen-bond donors (Lipinski definition) is 1. The minimum atomic E-state index is 0.293. The summed E-state index contributed by atoms with van der Waals surface area (Å²) < 4.78 is 1.56. The highest BCUT2D eigenvalue weighted by atomic mass is 79.9. The van der Waals surface area contributed by atoms with Gasteiger partial charge in [-0.05, 0) is 86.1 Å². The van der Waals surface area contributed by atoms with E-state index in [1.807, 2.05) is 0 Å². The maximum absolute atomic E-state index is 9.79. The van der Waals surface area contributed by atoms with Gasteiger partial charge in [0, 0.05) is 0 Å². The summed E-state index contributed by atoms with van der Waals surface area (Å²) in [5.41, 5.74) is 1.74. The van der Waals surface area contributed by atoms with E-state index in [0.29, 0.717) is 17.1 Å². The van der Waals surface area contributed by atoms with Crippen molar-refractivity contribution in [1.29, 1.82) is 0 Å².